The fourth-order valence-corrected chi connectivity index (χ4v) is 3.66. The third kappa shape index (κ3) is 4.57. The average Bonchev–Trinajstić information content (AvgIpc) is 2.89. The number of nitro groups is 1. The Morgan fingerprint density at radius 2 is 1.42 bits per heavy atom. The first-order valence-corrected chi connectivity index (χ1v) is 10.4. The zero-order chi connectivity index (χ0) is 26.0. The maximum atomic E-state index is 12.8. The van der Waals surface area contributed by atoms with Gasteiger partial charge in [0.1, 0.15) is 0 Å². The fourth-order valence-electron chi connectivity index (χ4n) is 3.66. The Kier molecular flexibility index (Phi) is 6.38. The second-order valence-electron chi connectivity index (χ2n) is 7.61. The minimum Gasteiger partial charge on any atom is -0.465 e. The number of rotatable bonds is 6. The van der Waals surface area contributed by atoms with Gasteiger partial charge in [-0.25, -0.2) is 9.59 Å². The van der Waals surface area contributed by atoms with E-state index in [0.29, 0.717) is 5.56 Å². The number of amides is 1. The number of non-ortho nitro benzene ring substituents is 1. The van der Waals surface area contributed by atoms with E-state index in [9.17, 15) is 34.1 Å². The number of nitrogens with one attached hydrogen (secondary N) is 1. The lowest BCUT2D eigenvalue weighted by Crippen LogP contribution is -2.23. The molecule has 0 aliphatic heterocycles. The summed E-state index contributed by atoms with van der Waals surface area (Å²) >= 11 is 0. The van der Waals surface area contributed by atoms with E-state index in [1.165, 1.54) is 18.2 Å². The van der Waals surface area contributed by atoms with Crippen molar-refractivity contribution < 1.29 is 38.4 Å². The first-order chi connectivity index (χ1) is 17.2. The molecule has 36 heavy (non-hydrogen) atoms. The molecular formula is C25H16N2O9. The van der Waals surface area contributed by atoms with Crippen LogP contribution in [0.25, 0.3) is 0 Å². The number of nitro benzene ring substituents is 1. The summed E-state index contributed by atoms with van der Waals surface area (Å²) in [6.07, 6.45) is 0. The van der Waals surface area contributed by atoms with Gasteiger partial charge in [-0.3, -0.25) is 24.5 Å². The van der Waals surface area contributed by atoms with Gasteiger partial charge in [-0.05, 0) is 24.3 Å². The summed E-state index contributed by atoms with van der Waals surface area (Å²) in [4.78, 5) is 72.3. The van der Waals surface area contributed by atoms with Crippen LogP contribution in [0.1, 0.15) is 52.6 Å². The van der Waals surface area contributed by atoms with E-state index in [-0.39, 0.29) is 45.1 Å². The molecule has 180 valence electrons. The molecule has 0 saturated carbocycles. The minimum absolute atomic E-state index is 0.125. The number of fused-ring (bicyclic) bond motifs is 2. The summed E-state index contributed by atoms with van der Waals surface area (Å²) in [5, 5.41) is 13.6. The second kappa shape index (κ2) is 9.58. The average molecular weight is 488 g/mol. The number of benzene rings is 3. The van der Waals surface area contributed by atoms with E-state index in [2.05, 4.69) is 10.1 Å². The van der Waals surface area contributed by atoms with Crippen molar-refractivity contribution >= 4 is 40.8 Å². The molecule has 1 aliphatic carbocycles. The number of ketones is 2. The van der Waals surface area contributed by atoms with Gasteiger partial charge in [-0.15, -0.1) is 0 Å². The van der Waals surface area contributed by atoms with E-state index >= 15 is 0 Å². The van der Waals surface area contributed by atoms with E-state index in [1.54, 1.807) is 24.3 Å². The SMILES string of the molecule is COC(=O)c1cc(C(=O)OCC(=O)Nc2ccc3c(c2)C(=O)c2ccccc2C3=O)cc([N+](=O)[O-])c1. The van der Waals surface area contributed by atoms with Crippen LogP contribution in [0, 0.1) is 10.1 Å². The van der Waals surface area contributed by atoms with Crippen molar-refractivity contribution in [2.24, 2.45) is 0 Å². The first-order valence-electron chi connectivity index (χ1n) is 10.4. The summed E-state index contributed by atoms with van der Waals surface area (Å²) in [6, 6.07) is 13.5. The van der Waals surface area contributed by atoms with Crippen molar-refractivity contribution in [2.45, 2.75) is 0 Å². The molecule has 0 saturated heterocycles. The fraction of sp³-hybridized carbons (Fsp3) is 0.0800. The van der Waals surface area contributed by atoms with Gasteiger partial charge in [-0.1, -0.05) is 24.3 Å². The van der Waals surface area contributed by atoms with Crippen molar-refractivity contribution in [1.29, 1.82) is 0 Å². The molecule has 1 N–H and O–H groups in total. The Morgan fingerprint density at radius 3 is 2.03 bits per heavy atom. The lowest BCUT2D eigenvalue weighted by molar-refractivity contribution is -0.384. The minimum atomic E-state index is -1.08. The number of nitrogens with zero attached hydrogens (tertiary/aromatic N) is 1. The standard InChI is InChI=1S/C25H16N2O9/c1-35-24(31)13-8-14(10-16(9-13)27(33)34)25(32)36-12-21(28)26-15-6-7-19-20(11-15)23(30)18-5-3-2-4-17(18)22(19)29/h2-11H,12H2,1H3,(H,26,28). The topological polar surface area (TPSA) is 159 Å². The molecule has 0 radical (unpaired) electrons. The molecule has 0 bridgehead atoms. The summed E-state index contributed by atoms with van der Waals surface area (Å²) in [7, 11) is 1.08. The maximum absolute atomic E-state index is 12.8. The molecule has 0 atom stereocenters. The van der Waals surface area contributed by atoms with Crippen LogP contribution in [0.4, 0.5) is 11.4 Å². The van der Waals surface area contributed by atoms with E-state index in [4.69, 9.17) is 4.74 Å². The molecule has 3 aromatic carbocycles. The van der Waals surface area contributed by atoms with E-state index in [0.717, 1.165) is 25.3 Å². The molecule has 11 nitrogen and oxygen atoms in total. The summed E-state index contributed by atoms with van der Waals surface area (Å²) in [6.45, 7) is -0.762. The van der Waals surface area contributed by atoms with Crippen molar-refractivity contribution in [2.75, 3.05) is 19.0 Å². The lowest BCUT2D eigenvalue weighted by atomic mass is 9.84. The number of carbonyl (C=O) groups excluding carboxylic acids is 5. The van der Waals surface area contributed by atoms with Gasteiger partial charge >= 0.3 is 11.9 Å². The smallest absolute Gasteiger partial charge is 0.338 e. The molecular weight excluding hydrogens is 472 g/mol. The lowest BCUT2D eigenvalue weighted by Gasteiger charge is -2.18. The predicted molar refractivity (Wildman–Crippen MR) is 123 cm³/mol. The number of anilines is 1. The van der Waals surface area contributed by atoms with Gasteiger partial charge < -0.3 is 14.8 Å². The Morgan fingerprint density at radius 1 is 0.833 bits per heavy atom. The monoisotopic (exact) mass is 488 g/mol. The molecule has 1 amide bonds. The highest BCUT2D eigenvalue weighted by atomic mass is 16.6. The Bertz CT molecular complexity index is 1480. The van der Waals surface area contributed by atoms with Crippen LogP contribution >= 0.6 is 0 Å². The van der Waals surface area contributed by atoms with Crippen molar-refractivity contribution in [3.05, 3.63) is 104 Å². The highest BCUT2D eigenvalue weighted by molar-refractivity contribution is 6.28. The third-order valence-corrected chi connectivity index (χ3v) is 5.33. The number of methoxy groups -OCH3 is 1. The molecule has 11 heteroatoms. The van der Waals surface area contributed by atoms with Crippen molar-refractivity contribution in [1.82, 2.24) is 0 Å². The molecule has 4 rings (SSSR count). The number of carbonyl (C=O) groups is 5. The van der Waals surface area contributed by atoms with Crippen LogP contribution in [0.2, 0.25) is 0 Å². The summed E-state index contributed by atoms with van der Waals surface area (Å²) in [5.41, 5.74) is -0.0174. The molecule has 0 heterocycles. The van der Waals surface area contributed by atoms with Gasteiger partial charge in [-0.2, -0.15) is 0 Å². The largest absolute Gasteiger partial charge is 0.465 e. The van der Waals surface area contributed by atoms with Crippen LogP contribution in [0.5, 0.6) is 0 Å². The Labute approximate surface area is 202 Å². The molecule has 0 spiro atoms. The second-order valence-corrected chi connectivity index (χ2v) is 7.61. The normalized spacial score (nSPS) is 11.7. The Balaban J connectivity index is 1.46. The Hall–Kier alpha value is -5.19. The highest BCUT2D eigenvalue weighted by Crippen LogP contribution is 2.29. The quantitative estimate of drug-likeness (QED) is 0.244. The number of hydrogen-bond donors (Lipinski definition) is 1. The maximum Gasteiger partial charge on any atom is 0.338 e. The van der Waals surface area contributed by atoms with E-state index in [1.807, 2.05) is 0 Å². The number of esters is 2. The van der Waals surface area contributed by atoms with Crippen LogP contribution < -0.4 is 5.32 Å². The number of hydrogen-bond acceptors (Lipinski definition) is 9. The van der Waals surface area contributed by atoms with Crippen LogP contribution in [0.15, 0.2) is 60.7 Å². The predicted octanol–water partition coefficient (Wildman–Crippen LogP) is 2.95. The van der Waals surface area contributed by atoms with Gasteiger partial charge in [0.05, 0.1) is 23.2 Å². The molecule has 0 fully saturated rings. The summed E-state index contributed by atoms with van der Waals surface area (Å²) < 4.78 is 9.44. The van der Waals surface area contributed by atoms with Gasteiger partial charge in [0, 0.05) is 40.1 Å². The first kappa shape index (κ1) is 24.0. The zero-order valence-corrected chi connectivity index (χ0v) is 18.6. The van der Waals surface area contributed by atoms with E-state index < -0.39 is 35.1 Å². The summed E-state index contributed by atoms with van der Waals surface area (Å²) in [5.74, 6) is -3.42. The van der Waals surface area contributed by atoms with Crippen molar-refractivity contribution in [3.8, 4) is 0 Å². The molecule has 1 aliphatic rings. The third-order valence-electron chi connectivity index (χ3n) is 5.33. The van der Waals surface area contributed by atoms with Crippen LogP contribution in [0.3, 0.4) is 0 Å². The highest BCUT2D eigenvalue weighted by Gasteiger charge is 2.29. The van der Waals surface area contributed by atoms with Crippen molar-refractivity contribution in [3.63, 3.8) is 0 Å². The van der Waals surface area contributed by atoms with Gasteiger partial charge in [0.25, 0.3) is 11.6 Å². The van der Waals surface area contributed by atoms with Gasteiger partial charge in [0.15, 0.2) is 18.2 Å². The zero-order valence-electron chi connectivity index (χ0n) is 18.6. The molecule has 0 unspecified atom stereocenters. The molecule has 3 aromatic rings. The number of ether oxygens (including phenoxy) is 2. The van der Waals surface area contributed by atoms with Crippen LogP contribution in [-0.4, -0.2) is 48.1 Å². The molecule has 0 aromatic heterocycles. The van der Waals surface area contributed by atoms with Gasteiger partial charge in [0.2, 0.25) is 0 Å². The van der Waals surface area contributed by atoms with Crippen LogP contribution in [-0.2, 0) is 14.3 Å².